The van der Waals surface area contributed by atoms with Crippen LogP contribution in [-0.2, 0) is 0 Å². The Kier molecular flexibility index (Phi) is 5.29. The maximum atomic E-state index is 12.6. The summed E-state index contributed by atoms with van der Waals surface area (Å²) >= 11 is 1.64. The lowest BCUT2D eigenvalue weighted by Crippen LogP contribution is -2.28. The topological polar surface area (TPSA) is 38.3 Å². The van der Waals surface area contributed by atoms with Crippen LogP contribution in [0.15, 0.2) is 72.1 Å². The van der Waals surface area contributed by atoms with Gasteiger partial charge in [0.1, 0.15) is 5.75 Å². The van der Waals surface area contributed by atoms with E-state index in [1.807, 2.05) is 66.9 Å². The van der Waals surface area contributed by atoms with Crippen LogP contribution in [0.4, 0.5) is 0 Å². The molecule has 1 unspecified atom stereocenters. The van der Waals surface area contributed by atoms with Crippen molar-refractivity contribution in [3.8, 4) is 5.75 Å². The molecule has 0 saturated heterocycles. The van der Waals surface area contributed by atoms with Crippen molar-refractivity contribution < 1.29 is 9.53 Å². The first-order chi connectivity index (χ1) is 11.8. The lowest BCUT2D eigenvalue weighted by Gasteiger charge is -2.18. The number of rotatable bonds is 6. The number of thiophene rings is 1. The number of carbonyl (C=O) groups excluding carboxylic acids is 1. The Morgan fingerprint density at radius 3 is 2.42 bits per heavy atom. The number of nitrogens with one attached hydrogen (secondary N) is 1. The monoisotopic (exact) mass is 337 g/mol. The minimum absolute atomic E-state index is 0.0969. The predicted octanol–water partition coefficient (Wildman–Crippen LogP) is 4.67. The molecule has 0 aliphatic carbocycles. The molecule has 122 valence electrons. The minimum Gasteiger partial charge on any atom is -0.494 e. The molecule has 1 aromatic heterocycles. The van der Waals surface area contributed by atoms with Gasteiger partial charge in [-0.2, -0.15) is 0 Å². The second kappa shape index (κ2) is 7.79. The van der Waals surface area contributed by atoms with Crippen molar-refractivity contribution >= 4 is 17.2 Å². The third kappa shape index (κ3) is 3.84. The Balaban J connectivity index is 1.81. The first-order valence-corrected chi connectivity index (χ1v) is 8.78. The van der Waals surface area contributed by atoms with Gasteiger partial charge in [-0.25, -0.2) is 0 Å². The van der Waals surface area contributed by atoms with Crippen LogP contribution in [0.25, 0.3) is 0 Å². The molecule has 0 aliphatic heterocycles. The smallest absolute Gasteiger partial charge is 0.252 e. The van der Waals surface area contributed by atoms with E-state index in [1.54, 1.807) is 23.5 Å². The van der Waals surface area contributed by atoms with Gasteiger partial charge in [0, 0.05) is 10.4 Å². The molecule has 0 radical (unpaired) electrons. The highest BCUT2D eigenvalue weighted by molar-refractivity contribution is 7.10. The van der Waals surface area contributed by atoms with E-state index in [4.69, 9.17) is 4.74 Å². The van der Waals surface area contributed by atoms with Crippen molar-refractivity contribution in [2.75, 3.05) is 6.61 Å². The summed E-state index contributed by atoms with van der Waals surface area (Å²) < 4.78 is 5.42. The molecule has 0 aliphatic rings. The van der Waals surface area contributed by atoms with Gasteiger partial charge in [0.25, 0.3) is 5.91 Å². The van der Waals surface area contributed by atoms with Gasteiger partial charge in [0.05, 0.1) is 12.6 Å². The van der Waals surface area contributed by atoms with Gasteiger partial charge < -0.3 is 10.1 Å². The average Bonchev–Trinajstić information content (AvgIpc) is 3.15. The normalized spacial score (nSPS) is 11.7. The van der Waals surface area contributed by atoms with Crippen LogP contribution in [0.3, 0.4) is 0 Å². The molecule has 1 amide bonds. The maximum Gasteiger partial charge on any atom is 0.252 e. The SMILES string of the molecule is CCOc1ccc(C(=O)NC(c2ccccc2)c2cccs2)cc1. The molecule has 24 heavy (non-hydrogen) atoms. The zero-order chi connectivity index (χ0) is 16.8. The van der Waals surface area contributed by atoms with Gasteiger partial charge in [0.2, 0.25) is 0 Å². The van der Waals surface area contributed by atoms with E-state index < -0.39 is 0 Å². The van der Waals surface area contributed by atoms with Gasteiger partial charge in [-0.15, -0.1) is 11.3 Å². The second-order valence-electron chi connectivity index (χ2n) is 5.29. The summed E-state index contributed by atoms with van der Waals surface area (Å²) in [7, 11) is 0. The Hall–Kier alpha value is -2.59. The summed E-state index contributed by atoms with van der Waals surface area (Å²) in [6, 6.07) is 21.1. The molecule has 0 fully saturated rings. The Morgan fingerprint density at radius 1 is 1.04 bits per heavy atom. The molecule has 2 aromatic carbocycles. The van der Waals surface area contributed by atoms with Crippen LogP contribution in [0.5, 0.6) is 5.75 Å². The molecule has 0 saturated carbocycles. The van der Waals surface area contributed by atoms with Crippen LogP contribution < -0.4 is 10.1 Å². The summed E-state index contributed by atoms with van der Waals surface area (Å²) in [5.41, 5.74) is 1.69. The molecule has 1 atom stereocenters. The summed E-state index contributed by atoms with van der Waals surface area (Å²) in [6.45, 7) is 2.55. The number of hydrogen-bond acceptors (Lipinski definition) is 3. The minimum atomic E-state index is -0.148. The third-order valence-electron chi connectivity index (χ3n) is 3.66. The van der Waals surface area contributed by atoms with Gasteiger partial charge in [-0.05, 0) is 48.2 Å². The third-order valence-corrected chi connectivity index (χ3v) is 4.60. The summed E-state index contributed by atoms with van der Waals surface area (Å²) in [4.78, 5) is 13.8. The highest BCUT2D eigenvalue weighted by Crippen LogP contribution is 2.26. The fourth-order valence-electron chi connectivity index (χ4n) is 2.50. The number of benzene rings is 2. The molecular formula is C20H19NO2S. The van der Waals surface area contributed by atoms with Gasteiger partial charge >= 0.3 is 0 Å². The van der Waals surface area contributed by atoms with E-state index in [2.05, 4.69) is 5.32 Å². The van der Waals surface area contributed by atoms with Gasteiger partial charge in [-0.1, -0.05) is 36.4 Å². The van der Waals surface area contributed by atoms with E-state index >= 15 is 0 Å². The van der Waals surface area contributed by atoms with Crippen molar-refractivity contribution in [1.82, 2.24) is 5.32 Å². The van der Waals surface area contributed by atoms with Crippen LogP contribution in [0.1, 0.15) is 33.8 Å². The van der Waals surface area contributed by atoms with Crippen molar-refractivity contribution in [2.45, 2.75) is 13.0 Å². The lowest BCUT2D eigenvalue weighted by molar-refractivity contribution is 0.0943. The number of hydrogen-bond donors (Lipinski definition) is 1. The molecule has 4 heteroatoms. The Bertz CT molecular complexity index is 767. The highest BCUT2D eigenvalue weighted by Gasteiger charge is 2.18. The number of carbonyl (C=O) groups is 1. The van der Waals surface area contributed by atoms with Crippen molar-refractivity contribution in [1.29, 1.82) is 0 Å². The molecule has 3 aromatic rings. The number of amides is 1. The number of ether oxygens (including phenoxy) is 1. The average molecular weight is 337 g/mol. The van der Waals surface area contributed by atoms with Crippen LogP contribution in [-0.4, -0.2) is 12.5 Å². The van der Waals surface area contributed by atoms with E-state index in [-0.39, 0.29) is 11.9 Å². The summed E-state index contributed by atoms with van der Waals surface area (Å²) in [5, 5.41) is 5.16. The van der Waals surface area contributed by atoms with Crippen LogP contribution >= 0.6 is 11.3 Å². The molecule has 0 bridgehead atoms. The summed E-state index contributed by atoms with van der Waals surface area (Å²) in [6.07, 6.45) is 0. The summed E-state index contributed by atoms with van der Waals surface area (Å²) in [5.74, 6) is 0.673. The zero-order valence-corrected chi connectivity index (χ0v) is 14.3. The maximum absolute atomic E-state index is 12.6. The zero-order valence-electron chi connectivity index (χ0n) is 13.4. The molecule has 3 nitrogen and oxygen atoms in total. The van der Waals surface area contributed by atoms with Gasteiger partial charge in [0.15, 0.2) is 0 Å². The molecule has 1 heterocycles. The predicted molar refractivity (Wildman–Crippen MR) is 97.7 cm³/mol. The van der Waals surface area contributed by atoms with E-state index in [0.717, 1.165) is 16.2 Å². The first kappa shape index (κ1) is 16.3. The van der Waals surface area contributed by atoms with Crippen molar-refractivity contribution in [2.24, 2.45) is 0 Å². The molecule has 1 N–H and O–H groups in total. The second-order valence-corrected chi connectivity index (χ2v) is 6.27. The molecule has 3 rings (SSSR count). The fourth-order valence-corrected chi connectivity index (χ4v) is 3.31. The Labute approximate surface area is 145 Å². The first-order valence-electron chi connectivity index (χ1n) is 7.90. The highest BCUT2D eigenvalue weighted by atomic mass is 32.1. The largest absolute Gasteiger partial charge is 0.494 e. The van der Waals surface area contributed by atoms with Gasteiger partial charge in [-0.3, -0.25) is 4.79 Å². The van der Waals surface area contributed by atoms with Crippen LogP contribution in [0.2, 0.25) is 0 Å². The van der Waals surface area contributed by atoms with E-state index in [1.165, 1.54) is 0 Å². The van der Waals surface area contributed by atoms with Crippen LogP contribution in [0, 0.1) is 0 Å². The molecule has 0 spiro atoms. The van der Waals surface area contributed by atoms with E-state index in [9.17, 15) is 4.79 Å². The molecular weight excluding hydrogens is 318 g/mol. The Morgan fingerprint density at radius 2 is 1.79 bits per heavy atom. The lowest BCUT2D eigenvalue weighted by atomic mass is 10.0. The van der Waals surface area contributed by atoms with Crippen molar-refractivity contribution in [3.05, 3.63) is 88.1 Å². The van der Waals surface area contributed by atoms with E-state index in [0.29, 0.717) is 12.2 Å². The van der Waals surface area contributed by atoms with Crippen molar-refractivity contribution in [3.63, 3.8) is 0 Å². The standard InChI is InChI=1S/C20H19NO2S/c1-2-23-17-12-10-16(11-13-17)20(22)21-19(18-9-6-14-24-18)15-7-4-3-5-8-15/h3-14,19H,2H2,1H3,(H,21,22). The quantitative estimate of drug-likeness (QED) is 0.710. The fraction of sp³-hybridized carbons (Fsp3) is 0.150.